The Morgan fingerprint density at radius 1 is 1.56 bits per heavy atom. The predicted octanol–water partition coefficient (Wildman–Crippen LogP) is 2.91. The Morgan fingerprint density at radius 3 is 2.75 bits per heavy atom. The standard InChI is InChI=1S/C12H15ClFNO/c1-3-8(7-15-2)12(16)9-4-5-11(14)10(13)6-9/h4-6,8,15H,3,7H2,1-2H3. The maximum Gasteiger partial charge on any atom is 0.167 e. The molecule has 0 radical (unpaired) electrons. The van der Waals surface area contributed by atoms with Gasteiger partial charge in [0.05, 0.1) is 5.02 Å². The normalized spacial score (nSPS) is 12.5. The third kappa shape index (κ3) is 3.03. The number of halogens is 2. The van der Waals surface area contributed by atoms with Crippen LogP contribution in [0.1, 0.15) is 23.7 Å². The number of Topliss-reactive ketones (excluding diaryl/α,β-unsaturated/α-hetero) is 1. The Bertz CT molecular complexity index is 381. The van der Waals surface area contributed by atoms with Gasteiger partial charge in [0.25, 0.3) is 0 Å². The minimum absolute atomic E-state index is 0.00116. The lowest BCUT2D eigenvalue weighted by atomic mass is 9.95. The second-order valence-corrected chi connectivity index (χ2v) is 4.06. The molecule has 0 heterocycles. The maximum atomic E-state index is 12.9. The van der Waals surface area contributed by atoms with Gasteiger partial charge in [-0.2, -0.15) is 0 Å². The summed E-state index contributed by atoms with van der Waals surface area (Å²) in [6, 6.07) is 4.08. The van der Waals surface area contributed by atoms with E-state index in [1.807, 2.05) is 6.92 Å². The van der Waals surface area contributed by atoms with Gasteiger partial charge in [0.1, 0.15) is 5.82 Å². The lowest BCUT2D eigenvalue weighted by Crippen LogP contribution is -2.25. The minimum Gasteiger partial charge on any atom is -0.319 e. The van der Waals surface area contributed by atoms with Crippen LogP contribution < -0.4 is 5.32 Å². The topological polar surface area (TPSA) is 29.1 Å². The minimum atomic E-state index is -0.500. The highest BCUT2D eigenvalue weighted by atomic mass is 35.5. The van der Waals surface area contributed by atoms with E-state index < -0.39 is 5.82 Å². The van der Waals surface area contributed by atoms with E-state index in [2.05, 4.69) is 5.32 Å². The van der Waals surface area contributed by atoms with Crippen LogP contribution in [-0.4, -0.2) is 19.4 Å². The van der Waals surface area contributed by atoms with E-state index in [-0.39, 0.29) is 16.7 Å². The Kier molecular flexibility index (Phi) is 4.90. The first-order valence-corrected chi connectivity index (χ1v) is 5.61. The maximum absolute atomic E-state index is 12.9. The monoisotopic (exact) mass is 243 g/mol. The SMILES string of the molecule is CCC(CNC)C(=O)c1ccc(F)c(Cl)c1. The molecule has 0 aromatic heterocycles. The van der Waals surface area contributed by atoms with Gasteiger partial charge in [-0.05, 0) is 31.7 Å². The van der Waals surface area contributed by atoms with E-state index in [1.54, 1.807) is 7.05 Å². The molecule has 0 aliphatic carbocycles. The fraction of sp³-hybridized carbons (Fsp3) is 0.417. The highest BCUT2D eigenvalue weighted by Crippen LogP contribution is 2.19. The molecule has 4 heteroatoms. The van der Waals surface area contributed by atoms with E-state index in [1.165, 1.54) is 18.2 Å². The van der Waals surface area contributed by atoms with Gasteiger partial charge in [0.2, 0.25) is 0 Å². The fourth-order valence-corrected chi connectivity index (χ4v) is 1.73. The largest absolute Gasteiger partial charge is 0.319 e. The van der Waals surface area contributed by atoms with Crippen LogP contribution >= 0.6 is 11.6 Å². The molecule has 0 amide bonds. The van der Waals surface area contributed by atoms with Gasteiger partial charge in [-0.25, -0.2) is 4.39 Å². The lowest BCUT2D eigenvalue weighted by molar-refractivity contribution is 0.0916. The van der Waals surface area contributed by atoms with E-state index in [0.29, 0.717) is 12.1 Å². The summed E-state index contributed by atoms with van der Waals surface area (Å²) in [5.41, 5.74) is 0.466. The number of carbonyl (C=O) groups is 1. The van der Waals surface area contributed by atoms with Gasteiger partial charge in [0.15, 0.2) is 5.78 Å². The molecule has 1 aromatic rings. The highest BCUT2D eigenvalue weighted by Gasteiger charge is 2.18. The Balaban J connectivity index is 2.90. The highest BCUT2D eigenvalue weighted by molar-refractivity contribution is 6.31. The van der Waals surface area contributed by atoms with Crippen LogP contribution in [0.4, 0.5) is 4.39 Å². The Morgan fingerprint density at radius 2 is 2.25 bits per heavy atom. The summed E-state index contributed by atoms with van der Waals surface area (Å²) in [7, 11) is 1.80. The van der Waals surface area contributed by atoms with Crippen molar-refractivity contribution in [3.63, 3.8) is 0 Å². The average molecular weight is 244 g/mol. The van der Waals surface area contributed by atoms with Crippen molar-refractivity contribution in [2.45, 2.75) is 13.3 Å². The van der Waals surface area contributed by atoms with Crippen LogP contribution in [0.5, 0.6) is 0 Å². The van der Waals surface area contributed by atoms with Crippen LogP contribution in [-0.2, 0) is 0 Å². The quantitative estimate of drug-likeness (QED) is 0.806. The van der Waals surface area contributed by atoms with Gasteiger partial charge in [-0.3, -0.25) is 4.79 Å². The van der Waals surface area contributed by atoms with Crippen molar-refractivity contribution in [2.24, 2.45) is 5.92 Å². The zero-order valence-corrected chi connectivity index (χ0v) is 10.1. The molecule has 0 fully saturated rings. The summed E-state index contributed by atoms with van der Waals surface area (Å²) < 4.78 is 12.9. The van der Waals surface area contributed by atoms with Crippen LogP contribution in [0, 0.1) is 11.7 Å². The van der Waals surface area contributed by atoms with Crippen LogP contribution in [0.3, 0.4) is 0 Å². The zero-order chi connectivity index (χ0) is 12.1. The van der Waals surface area contributed by atoms with E-state index in [4.69, 9.17) is 11.6 Å². The van der Waals surface area contributed by atoms with Gasteiger partial charge < -0.3 is 5.32 Å². The lowest BCUT2D eigenvalue weighted by Gasteiger charge is -2.13. The summed E-state index contributed by atoms with van der Waals surface area (Å²) in [4.78, 5) is 12.0. The number of benzene rings is 1. The number of hydrogen-bond donors (Lipinski definition) is 1. The Labute approximate surface area is 99.8 Å². The molecule has 0 bridgehead atoms. The van der Waals surface area contributed by atoms with Gasteiger partial charge in [-0.15, -0.1) is 0 Å². The summed E-state index contributed by atoms with van der Waals surface area (Å²) in [6.45, 7) is 2.56. The molecule has 0 saturated heterocycles. The molecule has 0 saturated carbocycles. The smallest absolute Gasteiger partial charge is 0.167 e. The van der Waals surface area contributed by atoms with Crippen LogP contribution in [0.2, 0.25) is 5.02 Å². The van der Waals surface area contributed by atoms with Crippen molar-refractivity contribution in [3.05, 3.63) is 34.6 Å². The van der Waals surface area contributed by atoms with Crippen molar-refractivity contribution < 1.29 is 9.18 Å². The van der Waals surface area contributed by atoms with E-state index in [0.717, 1.165) is 6.42 Å². The molecule has 0 aliphatic heterocycles. The first kappa shape index (κ1) is 13.1. The van der Waals surface area contributed by atoms with Crippen molar-refractivity contribution in [3.8, 4) is 0 Å². The zero-order valence-electron chi connectivity index (χ0n) is 9.39. The molecular formula is C12H15ClFNO. The van der Waals surface area contributed by atoms with Crippen LogP contribution in [0.15, 0.2) is 18.2 Å². The van der Waals surface area contributed by atoms with E-state index >= 15 is 0 Å². The first-order valence-electron chi connectivity index (χ1n) is 5.24. The summed E-state index contributed by atoms with van der Waals surface area (Å²) in [5.74, 6) is -0.592. The third-order valence-corrected chi connectivity index (χ3v) is 2.81. The number of hydrogen-bond acceptors (Lipinski definition) is 2. The number of nitrogens with one attached hydrogen (secondary N) is 1. The molecule has 16 heavy (non-hydrogen) atoms. The molecule has 0 aliphatic rings. The predicted molar refractivity (Wildman–Crippen MR) is 63.4 cm³/mol. The van der Waals surface area contributed by atoms with Crippen LogP contribution in [0.25, 0.3) is 0 Å². The second kappa shape index (κ2) is 5.97. The van der Waals surface area contributed by atoms with Gasteiger partial charge in [-0.1, -0.05) is 18.5 Å². The molecule has 1 unspecified atom stereocenters. The fourth-order valence-electron chi connectivity index (χ4n) is 1.55. The molecular weight excluding hydrogens is 229 g/mol. The molecule has 1 N–H and O–H groups in total. The van der Waals surface area contributed by atoms with E-state index in [9.17, 15) is 9.18 Å². The number of rotatable bonds is 5. The second-order valence-electron chi connectivity index (χ2n) is 3.66. The molecule has 1 rings (SSSR count). The molecule has 2 nitrogen and oxygen atoms in total. The van der Waals surface area contributed by atoms with Crippen molar-refractivity contribution in [2.75, 3.05) is 13.6 Å². The molecule has 0 spiro atoms. The summed E-state index contributed by atoms with van der Waals surface area (Å²) in [5, 5.41) is 2.96. The first-order chi connectivity index (χ1) is 7.60. The van der Waals surface area contributed by atoms with Gasteiger partial charge >= 0.3 is 0 Å². The summed E-state index contributed by atoms with van der Waals surface area (Å²) in [6.07, 6.45) is 0.745. The number of carbonyl (C=O) groups excluding carboxylic acids is 1. The average Bonchev–Trinajstić information content (AvgIpc) is 2.28. The van der Waals surface area contributed by atoms with Gasteiger partial charge in [0, 0.05) is 18.0 Å². The Hall–Kier alpha value is -0.930. The third-order valence-electron chi connectivity index (χ3n) is 2.52. The van der Waals surface area contributed by atoms with Crippen molar-refractivity contribution >= 4 is 17.4 Å². The molecule has 1 aromatic carbocycles. The van der Waals surface area contributed by atoms with Crippen molar-refractivity contribution in [1.29, 1.82) is 0 Å². The number of ketones is 1. The molecule has 88 valence electrons. The molecule has 1 atom stereocenters. The van der Waals surface area contributed by atoms with Crippen molar-refractivity contribution in [1.82, 2.24) is 5.32 Å². The summed E-state index contributed by atoms with van der Waals surface area (Å²) >= 11 is 5.64.